The molecule has 1 aromatic carbocycles. The van der Waals surface area contributed by atoms with Crippen LogP contribution in [0.15, 0.2) is 24.3 Å². The quantitative estimate of drug-likeness (QED) is 0.818. The maximum atomic E-state index is 12.4. The lowest BCUT2D eigenvalue weighted by Gasteiger charge is -2.24. The molecule has 1 atom stereocenters. The second-order valence-corrected chi connectivity index (χ2v) is 5.97. The van der Waals surface area contributed by atoms with E-state index >= 15 is 0 Å². The average molecular weight is 319 g/mol. The van der Waals surface area contributed by atoms with Gasteiger partial charge in [0, 0.05) is 12.3 Å². The Balaban J connectivity index is 2.00. The first-order valence-corrected chi connectivity index (χ1v) is 8.15. The lowest BCUT2D eigenvalue weighted by Crippen LogP contribution is -2.45. The predicted molar refractivity (Wildman–Crippen MR) is 87.2 cm³/mol. The highest BCUT2D eigenvalue weighted by Crippen LogP contribution is 2.24. The number of carbonyl (C=O) groups is 2. The molecule has 0 radical (unpaired) electrons. The van der Waals surface area contributed by atoms with Gasteiger partial charge in [0.15, 0.2) is 0 Å². The molecule has 1 aliphatic carbocycles. The fourth-order valence-corrected chi connectivity index (χ4v) is 2.99. The summed E-state index contributed by atoms with van der Waals surface area (Å²) in [7, 11) is 2.95. The van der Waals surface area contributed by atoms with Gasteiger partial charge in [0.1, 0.15) is 11.8 Å². The molecule has 126 valence electrons. The summed E-state index contributed by atoms with van der Waals surface area (Å²) in [4.78, 5) is 24.4. The molecule has 0 saturated heterocycles. The number of amides is 1. The van der Waals surface area contributed by atoms with E-state index in [4.69, 9.17) is 9.47 Å². The zero-order chi connectivity index (χ0) is 16.7. The first kappa shape index (κ1) is 17.3. The Kier molecular flexibility index (Phi) is 6.44. The first-order chi connectivity index (χ1) is 11.1. The Morgan fingerprint density at radius 2 is 1.78 bits per heavy atom. The second-order valence-electron chi connectivity index (χ2n) is 5.97. The van der Waals surface area contributed by atoms with Gasteiger partial charge in [-0.15, -0.1) is 0 Å². The number of rotatable bonds is 6. The van der Waals surface area contributed by atoms with E-state index in [1.165, 1.54) is 13.5 Å². The molecule has 1 aromatic rings. The van der Waals surface area contributed by atoms with Crippen molar-refractivity contribution in [3.05, 3.63) is 29.8 Å². The van der Waals surface area contributed by atoms with Crippen molar-refractivity contribution < 1.29 is 19.1 Å². The summed E-state index contributed by atoms with van der Waals surface area (Å²) >= 11 is 0. The van der Waals surface area contributed by atoms with E-state index in [2.05, 4.69) is 5.32 Å². The third-order valence-electron chi connectivity index (χ3n) is 4.38. The molecular weight excluding hydrogens is 294 g/mol. The molecule has 1 aliphatic rings. The van der Waals surface area contributed by atoms with Crippen LogP contribution in [0, 0.1) is 5.92 Å². The molecule has 1 amide bonds. The Bertz CT molecular complexity index is 520. The first-order valence-electron chi connectivity index (χ1n) is 8.15. The van der Waals surface area contributed by atoms with Crippen LogP contribution in [0.4, 0.5) is 0 Å². The largest absolute Gasteiger partial charge is 0.497 e. The maximum Gasteiger partial charge on any atom is 0.328 e. The van der Waals surface area contributed by atoms with Gasteiger partial charge in [0.25, 0.3) is 0 Å². The molecule has 1 saturated carbocycles. The molecule has 23 heavy (non-hydrogen) atoms. The summed E-state index contributed by atoms with van der Waals surface area (Å²) in [6.45, 7) is 0. The van der Waals surface area contributed by atoms with Gasteiger partial charge in [-0.25, -0.2) is 4.79 Å². The molecule has 0 unspecified atom stereocenters. The molecule has 0 bridgehead atoms. The average Bonchev–Trinajstić information content (AvgIpc) is 2.61. The van der Waals surface area contributed by atoms with Crippen LogP contribution in [-0.4, -0.2) is 32.1 Å². The van der Waals surface area contributed by atoms with Gasteiger partial charge in [-0.2, -0.15) is 0 Å². The molecule has 1 fully saturated rings. The summed E-state index contributed by atoms with van der Waals surface area (Å²) in [5.41, 5.74) is 0.949. The fraction of sp³-hybridized carbons (Fsp3) is 0.556. The third kappa shape index (κ3) is 4.98. The molecule has 2 rings (SSSR count). The van der Waals surface area contributed by atoms with Crippen LogP contribution < -0.4 is 10.1 Å². The number of hydrogen-bond donors (Lipinski definition) is 1. The van der Waals surface area contributed by atoms with E-state index in [-0.39, 0.29) is 11.8 Å². The zero-order valence-electron chi connectivity index (χ0n) is 13.8. The van der Waals surface area contributed by atoms with Gasteiger partial charge < -0.3 is 14.8 Å². The molecule has 1 N–H and O–H groups in total. The van der Waals surface area contributed by atoms with Crippen LogP contribution in [0.2, 0.25) is 0 Å². The Morgan fingerprint density at radius 3 is 2.35 bits per heavy atom. The van der Waals surface area contributed by atoms with Crippen LogP contribution in [0.25, 0.3) is 0 Å². The van der Waals surface area contributed by atoms with Gasteiger partial charge in [-0.05, 0) is 30.5 Å². The summed E-state index contributed by atoms with van der Waals surface area (Å²) in [6.07, 6.45) is 5.58. The number of esters is 1. The van der Waals surface area contributed by atoms with Gasteiger partial charge in [0.2, 0.25) is 5.91 Å². The maximum absolute atomic E-state index is 12.4. The molecule has 0 heterocycles. The summed E-state index contributed by atoms with van der Waals surface area (Å²) in [6, 6.07) is 6.81. The van der Waals surface area contributed by atoms with E-state index in [1.54, 1.807) is 7.11 Å². The highest BCUT2D eigenvalue weighted by atomic mass is 16.5. The number of nitrogens with one attached hydrogen (secondary N) is 1. The van der Waals surface area contributed by atoms with Crippen LogP contribution in [-0.2, 0) is 20.7 Å². The number of ether oxygens (including phenoxy) is 2. The number of benzene rings is 1. The third-order valence-corrected chi connectivity index (χ3v) is 4.38. The molecule has 5 nitrogen and oxygen atoms in total. The second kappa shape index (κ2) is 8.56. The van der Waals surface area contributed by atoms with Crippen molar-refractivity contribution in [2.24, 2.45) is 5.92 Å². The van der Waals surface area contributed by atoms with Crippen molar-refractivity contribution in [2.75, 3.05) is 14.2 Å². The topological polar surface area (TPSA) is 64.6 Å². The summed E-state index contributed by atoms with van der Waals surface area (Å²) < 4.78 is 9.96. The summed E-state index contributed by atoms with van der Waals surface area (Å²) in [5, 5.41) is 2.87. The fourth-order valence-electron chi connectivity index (χ4n) is 2.99. The minimum Gasteiger partial charge on any atom is -0.497 e. The normalized spacial score (nSPS) is 16.4. The molecular formula is C18H25NO4. The van der Waals surface area contributed by atoms with E-state index < -0.39 is 12.0 Å². The Morgan fingerprint density at radius 1 is 1.13 bits per heavy atom. The van der Waals surface area contributed by atoms with Crippen molar-refractivity contribution in [1.29, 1.82) is 0 Å². The molecule has 0 aliphatic heterocycles. The van der Waals surface area contributed by atoms with Gasteiger partial charge >= 0.3 is 5.97 Å². The number of hydrogen-bond acceptors (Lipinski definition) is 4. The minimum atomic E-state index is -0.650. The lowest BCUT2D eigenvalue weighted by atomic mass is 9.88. The zero-order valence-corrected chi connectivity index (χ0v) is 13.8. The molecule has 0 aromatic heterocycles. The van der Waals surface area contributed by atoms with E-state index in [1.807, 2.05) is 24.3 Å². The van der Waals surface area contributed by atoms with Crippen LogP contribution in [0.3, 0.4) is 0 Å². The Hall–Kier alpha value is -2.04. The van der Waals surface area contributed by atoms with E-state index in [0.717, 1.165) is 37.0 Å². The molecule has 0 spiro atoms. The van der Waals surface area contributed by atoms with Crippen molar-refractivity contribution in [1.82, 2.24) is 5.32 Å². The number of carbonyl (C=O) groups excluding carboxylic acids is 2. The monoisotopic (exact) mass is 319 g/mol. The van der Waals surface area contributed by atoms with Gasteiger partial charge in [-0.1, -0.05) is 31.4 Å². The van der Waals surface area contributed by atoms with Gasteiger partial charge in [0.05, 0.1) is 14.2 Å². The van der Waals surface area contributed by atoms with E-state index in [0.29, 0.717) is 6.42 Å². The summed E-state index contributed by atoms with van der Waals surface area (Å²) in [5.74, 6) is 0.333. The van der Waals surface area contributed by atoms with Crippen molar-refractivity contribution in [3.8, 4) is 5.75 Å². The highest BCUT2D eigenvalue weighted by molar-refractivity contribution is 5.86. The van der Waals surface area contributed by atoms with Crippen molar-refractivity contribution in [2.45, 2.75) is 44.6 Å². The SMILES string of the molecule is COC(=O)[C@H](Cc1ccc(OC)cc1)NC(=O)C1CCCCC1. The predicted octanol–water partition coefficient (Wildman–Crippen LogP) is 2.48. The van der Waals surface area contributed by atoms with Crippen LogP contribution in [0.1, 0.15) is 37.7 Å². The standard InChI is InChI=1S/C18H25NO4/c1-22-15-10-8-13(9-11-15)12-16(18(21)23-2)19-17(20)14-6-4-3-5-7-14/h8-11,14,16H,3-7,12H2,1-2H3,(H,19,20)/t16-/m0/s1. The van der Waals surface area contributed by atoms with Gasteiger partial charge in [-0.3, -0.25) is 4.79 Å². The highest BCUT2D eigenvalue weighted by Gasteiger charge is 2.27. The minimum absolute atomic E-state index is 0.0202. The van der Waals surface area contributed by atoms with Crippen molar-refractivity contribution >= 4 is 11.9 Å². The van der Waals surface area contributed by atoms with E-state index in [9.17, 15) is 9.59 Å². The van der Waals surface area contributed by atoms with Crippen LogP contribution in [0.5, 0.6) is 5.75 Å². The molecule has 5 heteroatoms. The van der Waals surface area contributed by atoms with Crippen LogP contribution >= 0.6 is 0 Å². The van der Waals surface area contributed by atoms with Crippen molar-refractivity contribution in [3.63, 3.8) is 0 Å². The lowest BCUT2D eigenvalue weighted by molar-refractivity contribution is -0.145. The smallest absolute Gasteiger partial charge is 0.328 e. The number of methoxy groups -OCH3 is 2. The Labute approximate surface area is 137 Å².